The largest absolute Gasteiger partial charge is 0.383 e. The molecule has 16 heavy (non-hydrogen) atoms. The summed E-state index contributed by atoms with van der Waals surface area (Å²) in [6.07, 6.45) is 7.16. The first kappa shape index (κ1) is 10.0. The van der Waals surface area contributed by atoms with Crippen molar-refractivity contribution in [2.24, 2.45) is 17.6 Å². The molecule has 0 aliphatic heterocycles. The van der Waals surface area contributed by atoms with Crippen molar-refractivity contribution in [3.05, 3.63) is 17.6 Å². The van der Waals surface area contributed by atoms with Gasteiger partial charge in [-0.05, 0) is 31.1 Å². The van der Waals surface area contributed by atoms with Crippen LogP contribution < -0.4 is 11.5 Å². The highest BCUT2D eigenvalue weighted by molar-refractivity contribution is 5.37. The number of hydrogen-bond acceptors (Lipinski definition) is 4. The van der Waals surface area contributed by atoms with Crippen LogP contribution in [0, 0.1) is 11.8 Å². The maximum absolute atomic E-state index is 5.87. The fourth-order valence-electron chi connectivity index (χ4n) is 3.33. The van der Waals surface area contributed by atoms with Gasteiger partial charge in [-0.2, -0.15) is 0 Å². The van der Waals surface area contributed by atoms with E-state index in [0.717, 1.165) is 23.2 Å². The lowest BCUT2D eigenvalue weighted by atomic mass is 9.88. The van der Waals surface area contributed by atoms with E-state index < -0.39 is 0 Å². The zero-order valence-electron chi connectivity index (χ0n) is 9.39. The van der Waals surface area contributed by atoms with Crippen molar-refractivity contribution in [2.45, 2.75) is 38.1 Å². The second-order valence-corrected chi connectivity index (χ2v) is 5.12. The molecule has 1 aromatic heterocycles. The maximum atomic E-state index is 5.87. The molecule has 0 saturated heterocycles. The molecule has 4 heteroatoms. The van der Waals surface area contributed by atoms with Gasteiger partial charge in [0, 0.05) is 24.2 Å². The average molecular weight is 218 g/mol. The van der Waals surface area contributed by atoms with Crippen LogP contribution in [-0.4, -0.2) is 9.97 Å². The number of hydrogen-bond donors (Lipinski definition) is 2. The van der Waals surface area contributed by atoms with Crippen molar-refractivity contribution in [2.75, 3.05) is 5.73 Å². The van der Waals surface area contributed by atoms with Gasteiger partial charge in [-0.1, -0.05) is 6.42 Å². The van der Waals surface area contributed by atoms with Gasteiger partial charge >= 0.3 is 0 Å². The van der Waals surface area contributed by atoms with Gasteiger partial charge in [0.1, 0.15) is 11.6 Å². The highest BCUT2D eigenvalue weighted by Crippen LogP contribution is 2.52. The van der Waals surface area contributed by atoms with Crippen LogP contribution in [0.4, 0.5) is 5.82 Å². The topological polar surface area (TPSA) is 77.8 Å². The summed E-state index contributed by atoms with van der Waals surface area (Å²) in [6, 6.07) is 0. The molecule has 1 aromatic rings. The fraction of sp³-hybridized carbons (Fsp3) is 0.667. The van der Waals surface area contributed by atoms with Crippen LogP contribution in [0.1, 0.15) is 43.0 Å². The summed E-state index contributed by atoms with van der Waals surface area (Å²) >= 11 is 0. The van der Waals surface area contributed by atoms with E-state index in [1.54, 1.807) is 6.20 Å². The van der Waals surface area contributed by atoms with Crippen molar-refractivity contribution in [3.63, 3.8) is 0 Å². The van der Waals surface area contributed by atoms with Crippen LogP contribution in [0.15, 0.2) is 6.20 Å². The molecule has 4 nitrogen and oxygen atoms in total. The molecule has 2 saturated carbocycles. The molecule has 2 aliphatic rings. The number of nitrogen functional groups attached to an aromatic ring is 1. The normalized spacial score (nSPS) is 32.2. The Morgan fingerprint density at radius 3 is 2.75 bits per heavy atom. The van der Waals surface area contributed by atoms with E-state index in [4.69, 9.17) is 11.5 Å². The highest BCUT2D eigenvalue weighted by atomic mass is 15.0. The van der Waals surface area contributed by atoms with E-state index in [0.29, 0.717) is 18.3 Å². The lowest BCUT2D eigenvalue weighted by molar-refractivity contribution is 0.405. The Hall–Kier alpha value is -1.16. The third-order valence-electron chi connectivity index (χ3n) is 4.21. The van der Waals surface area contributed by atoms with Crippen LogP contribution in [0.2, 0.25) is 0 Å². The molecule has 0 spiro atoms. The monoisotopic (exact) mass is 218 g/mol. The minimum atomic E-state index is 0.419. The van der Waals surface area contributed by atoms with Crippen molar-refractivity contribution in [3.8, 4) is 0 Å². The summed E-state index contributed by atoms with van der Waals surface area (Å²) in [6.45, 7) is 0.419. The zero-order chi connectivity index (χ0) is 11.1. The molecule has 4 N–H and O–H groups in total. The molecule has 2 aliphatic carbocycles. The SMILES string of the molecule is NCc1cnc(C2CC3CCC2C3)nc1N. The minimum Gasteiger partial charge on any atom is -0.383 e. The summed E-state index contributed by atoms with van der Waals surface area (Å²) in [5, 5.41) is 0. The number of nitrogens with zero attached hydrogens (tertiary/aromatic N) is 2. The highest BCUT2D eigenvalue weighted by Gasteiger charge is 2.41. The molecule has 0 radical (unpaired) electrons. The molecule has 1 heterocycles. The first-order chi connectivity index (χ1) is 7.78. The zero-order valence-corrected chi connectivity index (χ0v) is 9.39. The second kappa shape index (κ2) is 3.70. The van der Waals surface area contributed by atoms with E-state index >= 15 is 0 Å². The van der Waals surface area contributed by atoms with E-state index in [1.807, 2.05) is 0 Å². The van der Waals surface area contributed by atoms with E-state index in [2.05, 4.69) is 9.97 Å². The summed E-state index contributed by atoms with van der Waals surface area (Å²) < 4.78 is 0. The van der Waals surface area contributed by atoms with E-state index in [1.165, 1.54) is 25.7 Å². The fourth-order valence-corrected chi connectivity index (χ4v) is 3.33. The van der Waals surface area contributed by atoms with Gasteiger partial charge in [0.05, 0.1) is 0 Å². The minimum absolute atomic E-state index is 0.419. The van der Waals surface area contributed by atoms with Gasteiger partial charge in [-0.25, -0.2) is 9.97 Å². The van der Waals surface area contributed by atoms with Crippen molar-refractivity contribution in [1.29, 1.82) is 0 Å². The van der Waals surface area contributed by atoms with Crippen molar-refractivity contribution in [1.82, 2.24) is 9.97 Å². The molecule has 2 bridgehead atoms. The Kier molecular flexibility index (Phi) is 2.32. The quantitative estimate of drug-likeness (QED) is 0.787. The Labute approximate surface area is 95.5 Å². The Balaban J connectivity index is 1.87. The first-order valence-corrected chi connectivity index (χ1v) is 6.09. The van der Waals surface area contributed by atoms with Crippen LogP contribution in [0.3, 0.4) is 0 Å². The molecule has 3 rings (SSSR count). The van der Waals surface area contributed by atoms with Gasteiger partial charge in [-0.3, -0.25) is 0 Å². The van der Waals surface area contributed by atoms with Gasteiger partial charge in [0.2, 0.25) is 0 Å². The molecule has 0 amide bonds. The van der Waals surface area contributed by atoms with Gasteiger partial charge in [-0.15, -0.1) is 0 Å². The average Bonchev–Trinajstić information content (AvgIpc) is 2.90. The van der Waals surface area contributed by atoms with Gasteiger partial charge < -0.3 is 11.5 Å². The lowest BCUT2D eigenvalue weighted by Crippen LogP contribution is -2.14. The van der Waals surface area contributed by atoms with E-state index in [-0.39, 0.29) is 0 Å². The number of rotatable bonds is 2. The predicted octanol–water partition coefficient (Wildman–Crippen LogP) is 1.42. The summed E-state index contributed by atoms with van der Waals surface area (Å²) in [5.41, 5.74) is 12.3. The lowest BCUT2D eigenvalue weighted by Gasteiger charge is -2.20. The molecular formula is C12H18N4. The third-order valence-corrected chi connectivity index (χ3v) is 4.21. The first-order valence-electron chi connectivity index (χ1n) is 6.09. The standard InChI is InChI=1S/C12H18N4/c13-5-9-6-15-12(16-11(9)14)10-4-7-1-2-8(10)3-7/h6-8,10H,1-5,13H2,(H2,14,15,16). The summed E-state index contributed by atoms with van der Waals surface area (Å²) in [4.78, 5) is 8.87. The van der Waals surface area contributed by atoms with E-state index in [9.17, 15) is 0 Å². The maximum Gasteiger partial charge on any atom is 0.134 e. The number of nitrogens with two attached hydrogens (primary N) is 2. The van der Waals surface area contributed by atoms with Gasteiger partial charge in [0.25, 0.3) is 0 Å². The molecule has 3 unspecified atom stereocenters. The third kappa shape index (κ3) is 1.48. The second-order valence-electron chi connectivity index (χ2n) is 5.12. The van der Waals surface area contributed by atoms with Gasteiger partial charge in [0.15, 0.2) is 0 Å². The van der Waals surface area contributed by atoms with Crippen LogP contribution in [-0.2, 0) is 6.54 Å². The molecule has 0 aromatic carbocycles. The predicted molar refractivity (Wildman–Crippen MR) is 62.5 cm³/mol. The Bertz CT molecular complexity index is 404. The van der Waals surface area contributed by atoms with Crippen LogP contribution in [0.5, 0.6) is 0 Å². The Morgan fingerprint density at radius 2 is 2.19 bits per heavy atom. The Morgan fingerprint density at radius 1 is 1.31 bits per heavy atom. The van der Waals surface area contributed by atoms with Crippen molar-refractivity contribution < 1.29 is 0 Å². The van der Waals surface area contributed by atoms with Crippen LogP contribution in [0.25, 0.3) is 0 Å². The molecule has 86 valence electrons. The summed E-state index contributed by atoms with van der Waals surface area (Å²) in [5.74, 6) is 3.77. The number of fused-ring (bicyclic) bond motifs is 2. The van der Waals surface area contributed by atoms with Crippen LogP contribution >= 0.6 is 0 Å². The van der Waals surface area contributed by atoms with Crippen molar-refractivity contribution >= 4 is 5.82 Å². The molecule has 3 atom stereocenters. The number of anilines is 1. The summed E-state index contributed by atoms with van der Waals surface area (Å²) in [7, 11) is 0. The smallest absolute Gasteiger partial charge is 0.134 e. The number of aromatic nitrogens is 2. The molecular weight excluding hydrogens is 200 g/mol. The molecule has 2 fully saturated rings.